The molecule has 2 atom stereocenters. The number of aliphatic hydroxyl groups is 1. The Morgan fingerprint density at radius 2 is 2.15 bits per heavy atom. The summed E-state index contributed by atoms with van der Waals surface area (Å²) in [5.74, 6) is -1.46. The lowest BCUT2D eigenvalue weighted by Crippen LogP contribution is -2.41. The van der Waals surface area contributed by atoms with Crippen molar-refractivity contribution in [3.63, 3.8) is 0 Å². The van der Waals surface area contributed by atoms with E-state index in [0.717, 1.165) is 4.90 Å². The highest BCUT2D eigenvalue weighted by atomic mass is 32.1. The smallest absolute Gasteiger partial charge is 0.326 e. The Labute approximate surface area is 80.7 Å². The van der Waals surface area contributed by atoms with E-state index in [1.165, 1.54) is 0 Å². The zero-order chi connectivity index (χ0) is 10.0. The third-order valence-electron chi connectivity index (χ3n) is 2.02. The molecular formula is C7H11NO4S. The van der Waals surface area contributed by atoms with Crippen LogP contribution in [0.1, 0.15) is 6.42 Å². The fraction of sp³-hybridized carbons (Fsp3) is 0.714. The van der Waals surface area contributed by atoms with Gasteiger partial charge in [-0.15, -0.1) is 0 Å². The van der Waals surface area contributed by atoms with Crippen LogP contribution in [0, 0.1) is 0 Å². The van der Waals surface area contributed by atoms with Gasteiger partial charge in [0.15, 0.2) is 0 Å². The number of amides is 1. The van der Waals surface area contributed by atoms with Crippen LogP contribution in [0.5, 0.6) is 0 Å². The highest BCUT2D eigenvalue weighted by Crippen LogP contribution is 2.18. The van der Waals surface area contributed by atoms with Gasteiger partial charge in [-0.1, -0.05) is 0 Å². The summed E-state index contributed by atoms with van der Waals surface area (Å²) in [5, 5.41) is 17.9. The van der Waals surface area contributed by atoms with Gasteiger partial charge >= 0.3 is 5.97 Å². The summed E-state index contributed by atoms with van der Waals surface area (Å²) in [7, 11) is 0. The van der Waals surface area contributed by atoms with Crippen LogP contribution in [0.15, 0.2) is 0 Å². The van der Waals surface area contributed by atoms with E-state index in [0.29, 0.717) is 0 Å². The summed E-state index contributed by atoms with van der Waals surface area (Å²) in [5.41, 5.74) is 0. The molecule has 0 radical (unpaired) electrons. The number of likely N-dealkylation sites (tertiary alicyclic amines) is 1. The molecule has 0 aromatic rings. The maximum atomic E-state index is 11.1. The van der Waals surface area contributed by atoms with E-state index in [-0.39, 0.29) is 24.6 Å². The first-order chi connectivity index (χ1) is 6.06. The molecule has 0 aromatic carbocycles. The SMILES string of the molecule is O=C(O)[C@@H]1C[C@@H](O)CN1C(=O)CS. The molecule has 13 heavy (non-hydrogen) atoms. The predicted molar refractivity (Wildman–Crippen MR) is 47.6 cm³/mol. The molecular weight excluding hydrogens is 194 g/mol. The molecule has 2 N–H and O–H groups in total. The highest BCUT2D eigenvalue weighted by molar-refractivity contribution is 7.81. The molecule has 0 aliphatic carbocycles. The summed E-state index contributed by atoms with van der Waals surface area (Å²) in [4.78, 5) is 23.0. The van der Waals surface area contributed by atoms with Crippen LogP contribution < -0.4 is 0 Å². The van der Waals surface area contributed by atoms with E-state index in [1.54, 1.807) is 0 Å². The molecule has 0 spiro atoms. The Morgan fingerprint density at radius 3 is 2.62 bits per heavy atom. The molecule has 1 rings (SSSR count). The summed E-state index contributed by atoms with van der Waals surface area (Å²) >= 11 is 3.76. The molecule has 1 aliphatic heterocycles. The number of carboxylic acid groups (broad SMARTS) is 1. The van der Waals surface area contributed by atoms with E-state index in [1.807, 2.05) is 0 Å². The molecule has 5 nitrogen and oxygen atoms in total. The van der Waals surface area contributed by atoms with E-state index < -0.39 is 18.1 Å². The van der Waals surface area contributed by atoms with Gasteiger partial charge in [0, 0.05) is 13.0 Å². The molecule has 1 aliphatic rings. The van der Waals surface area contributed by atoms with Gasteiger partial charge in [-0.2, -0.15) is 12.6 Å². The van der Waals surface area contributed by atoms with Gasteiger partial charge < -0.3 is 15.1 Å². The standard InChI is InChI=1S/C7H11NO4S/c9-4-1-5(7(11)12)8(2-4)6(10)3-13/h4-5,9,13H,1-3H2,(H,11,12)/t4-,5+/m1/s1. The first-order valence-corrected chi connectivity index (χ1v) is 4.50. The molecule has 1 saturated heterocycles. The molecule has 6 heteroatoms. The molecule has 0 unspecified atom stereocenters. The number of carbonyl (C=O) groups excluding carboxylic acids is 1. The van der Waals surface area contributed by atoms with Crippen LogP contribution in [0.4, 0.5) is 0 Å². The Bertz CT molecular complexity index is 233. The average molecular weight is 205 g/mol. The second-order valence-electron chi connectivity index (χ2n) is 2.95. The maximum absolute atomic E-state index is 11.1. The number of aliphatic carboxylic acids is 1. The lowest BCUT2D eigenvalue weighted by Gasteiger charge is -2.19. The summed E-state index contributed by atoms with van der Waals surface area (Å²) in [6, 6.07) is -0.894. The monoisotopic (exact) mass is 205 g/mol. The Morgan fingerprint density at radius 1 is 1.54 bits per heavy atom. The van der Waals surface area contributed by atoms with Crippen molar-refractivity contribution in [2.24, 2.45) is 0 Å². The number of carboxylic acids is 1. The zero-order valence-corrected chi connectivity index (χ0v) is 7.78. The number of β-amino-alcohol motifs (C(OH)–C–C–N with tert-alkyl or cyclic N) is 1. The largest absolute Gasteiger partial charge is 0.480 e. The molecule has 1 heterocycles. The second-order valence-corrected chi connectivity index (χ2v) is 3.26. The van der Waals surface area contributed by atoms with Crippen molar-refractivity contribution in [1.29, 1.82) is 0 Å². The molecule has 1 amide bonds. The van der Waals surface area contributed by atoms with E-state index in [9.17, 15) is 14.7 Å². The lowest BCUT2D eigenvalue weighted by atomic mass is 10.2. The lowest BCUT2D eigenvalue weighted by molar-refractivity contribution is -0.147. The van der Waals surface area contributed by atoms with Gasteiger partial charge in [0.1, 0.15) is 6.04 Å². The van der Waals surface area contributed by atoms with Crippen LogP contribution in [0.3, 0.4) is 0 Å². The van der Waals surface area contributed by atoms with Crippen molar-refractivity contribution < 1.29 is 19.8 Å². The summed E-state index contributed by atoms with van der Waals surface area (Å²) < 4.78 is 0. The van der Waals surface area contributed by atoms with Gasteiger partial charge in [-0.25, -0.2) is 4.79 Å². The molecule has 0 saturated carbocycles. The van der Waals surface area contributed by atoms with Crippen molar-refractivity contribution >= 4 is 24.5 Å². The number of aliphatic hydroxyl groups excluding tert-OH is 1. The number of hydrogen-bond acceptors (Lipinski definition) is 4. The van der Waals surface area contributed by atoms with Crippen LogP contribution in [-0.4, -0.2) is 51.4 Å². The zero-order valence-electron chi connectivity index (χ0n) is 6.88. The highest BCUT2D eigenvalue weighted by Gasteiger charge is 2.38. The van der Waals surface area contributed by atoms with Crippen LogP contribution in [0.25, 0.3) is 0 Å². The Kier molecular flexibility index (Phi) is 3.16. The van der Waals surface area contributed by atoms with Crippen LogP contribution >= 0.6 is 12.6 Å². The van der Waals surface area contributed by atoms with Crippen molar-refractivity contribution in [1.82, 2.24) is 4.90 Å². The van der Waals surface area contributed by atoms with Gasteiger partial charge in [0.2, 0.25) is 5.91 Å². The second kappa shape index (κ2) is 3.97. The minimum atomic E-state index is -1.08. The molecule has 0 aromatic heterocycles. The normalized spacial score (nSPS) is 27.7. The van der Waals surface area contributed by atoms with Crippen molar-refractivity contribution in [2.45, 2.75) is 18.6 Å². The third kappa shape index (κ3) is 2.13. The molecule has 74 valence electrons. The average Bonchev–Trinajstić information content (AvgIpc) is 2.46. The van der Waals surface area contributed by atoms with Gasteiger partial charge in [0.25, 0.3) is 0 Å². The topological polar surface area (TPSA) is 77.8 Å². The fourth-order valence-electron chi connectivity index (χ4n) is 1.41. The number of thiol groups is 1. The quantitative estimate of drug-likeness (QED) is 0.503. The molecule has 0 bridgehead atoms. The maximum Gasteiger partial charge on any atom is 0.326 e. The van der Waals surface area contributed by atoms with E-state index in [4.69, 9.17) is 5.11 Å². The van der Waals surface area contributed by atoms with Gasteiger partial charge in [0.05, 0.1) is 11.9 Å². The number of hydrogen-bond donors (Lipinski definition) is 3. The van der Waals surface area contributed by atoms with E-state index >= 15 is 0 Å². The van der Waals surface area contributed by atoms with E-state index in [2.05, 4.69) is 12.6 Å². The van der Waals surface area contributed by atoms with Gasteiger partial charge in [-0.3, -0.25) is 4.79 Å². The van der Waals surface area contributed by atoms with Crippen molar-refractivity contribution in [3.05, 3.63) is 0 Å². The Hall–Kier alpha value is -0.750. The first-order valence-electron chi connectivity index (χ1n) is 3.87. The predicted octanol–water partition coefficient (Wildman–Crippen LogP) is -1.04. The van der Waals surface area contributed by atoms with Crippen LogP contribution in [-0.2, 0) is 9.59 Å². The number of nitrogens with zero attached hydrogens (tertiary/aromatic N) is 1. The van der Waals surface area contributed by atoms with Crippen molar-refractivity contribution in [2.75, 3.05) is 12.3 Å². The third-order valence-corrected chi connectivity index (χ3v) is 2.29. The minimum Gasteiger partial charge on any atom is -0.480 e. The van der Waals surface area contributed by atoms with Crippen LogP contribution in [0.2, 0.25) is 0 Å². The van der Waals surface area contributed by atoms with Crippen molar-refractivity contribution in [3.8, 4) is 0 Å². The number of carbonyl (C=O) groups is 2. The minimum absolute atomic E-state index is 0.0313. The first kappa shape index (κ1) is 10.3. The fourth-order valence-corrected chi connectivity index (χ4v) is 1.60. The number of rotatable bonds is 2. The molecule has 1 fully saturated rings. The summed E-state index contributed by atoms with van der Waals surface area (Å²) in [6.07, 6.45) is -0.626. The van der Waals surface area contributed by atoms with Gasteiger partial charge in [-0.05, 0) is 0 Å². The Balaban J connectivity index is 2.71. The summed E-state index contributed by atoms with van der Waals surface area (Å²) in [6.45, 7) is 0.0936.